The number of anilines is 2. The van der Waals surface area contributed by atoms with Crippen LogP contribution >= 0.6 is 0 Å². The van der Waals surface area contributed by atoms with Gasteiger partial charge < -0.3 is 10.6 Å². The number of hydrogen-bond donors (Lipinski definition) is 2. The third-order valence-corrected chi connectivity index (χ3v) is 3.96. The van der Waals surface area contributed by atoms with Gasteiger partial charge in [-0.15, -0.1) is 0 Å². The van der Waals surface area contributed by atoms with Crippen LogP contribution in [0.25, 0.3) is 0 Å². The highest BCUT2D eigenvalue weighted by Gasteiger charge is 2.10. The van der Waals surface area contributed by atoms with Gasteiger partial charge in [0.2, 0.25) is 5.95 Å². The Labute approximate surface area is 151 Å². The highest BCUT2D eigenvalue weighted by molar-refractivity contribution is 6.04. The van der Waals surface area contributed by atoms with Gasteiger partial charge in [0.1, 0.15) is 5.82 Å². The standard InChI is InChI=1S/C20H19FN4O/c1-2-14-7-4-6-10-18(14)25-19(26)16-12-23-20(24-13-16)22-11-15-8-3-5-9-17(15)21/h3-10,12-13H,2,11H2,1H3,(H,25,26)(H,22,23,24). The molecule has 6 heteroatoms. The minimum absolute atomic E-state index is 0.266. The van der Waals surface area contributed by atoms with Gasteiger partial charge >= 0.3 is 0 Å². The summed E-state index contributed by atoms with van der Waals surface area (Å²) in [5, 5.41) is 5.82. The largest absolute Gasteiger partial charge is 0.350 e. The number of nitrogens with zero attached hydrogens (tertiary/aromatic N) is 2. The van der Waals surface area contributed by atoms with E-state index in [0.29, 0.717) is 17.1 Å². The first-order valence-electron chi connectivity index (χ1n) is 8.36. The van der Waals surface area contributed by atoms with Crippen molar-refractivity contribution in [2.24, 2.45) is 0 Å². The van der Waals surface area contributed by atoms with Gasteiger partial charge in [0.05, 0.1) is 5.56 Å². The van der Waals surface area contributed by atoms with E-state index in [2.05, 4.69) is 20.6 Å². The Morgan fingerprint density at radius 3 is 2.35 bits per heavy atom. The van der Waals surface area contributed by atoms with E-state index in [1.165, 1.54) is 18.5 Å². The van der Waals surface area contributed by atoms with Crippen molar-refractivity contribution in [1.29, 1.82) is 0 Å². The molecule has 0 aliphatic rings. The van der Waals surface area contributed by atoms with Gasteiger partial charge in [-0.2, -0.15) is 0 Å². The first-order chi connectivity index (χ1) is 12.7. The molecule has 2 N–H and O–H groups in total. The minimum Gasteiger partial charge on any atom is -0.350 e. The van der Waals surface area contributed by atoms with Gasteiger partial charge in [0, 0.05) is 30.2 Å². The van der Waals surface area contributed by atoms with Crippen LogP contribution in [-0.2, 0) is 13.0 Å². The van der Waals surface area contributed by atoms with Crippen molar-refractivity contribution < 1.29 is 9.18 Å². The summed E-state index contributed by atoms with van der Waals surface area (Å²) in [5.41, 5.74) is 2.72. The molecule has 0 saturated heterocycles. The molecule has 1 amide bonds. The Kier molecular flexibility index (Phi) is 5.53. The Morgan fingerprint density at radius 1 is 1.00 bits per heavy atom. The van der Waals surface area contributed by atoms with Crippen molar-refractivity contribution >= 4 is 17.5 Å². The topological polar surface area (TPSA) is 66.9 Å². The highest BCUT2D eigenvalue weighted by Crippen LogP contribution is 2.16. The fourth-order valence-corrected chi connectivity index (χ4v) is 2.50. The SMILES string of the molecule is CCc1ccccc1NC(=O)c1cnc(NCc2ccccc2F)nc1. The lowest BCUT2D eigenvalue weighted by Gasteiger charge is -2.10. The van der Waals surface area contributed by atoms with Crippen LogP contribution in [0.4, 0.5) is 16.0 Å². The first kappa shape index (κ1) is 17.5. The second kappa shape index (κ2) is 8.20. The number of hydrogen-bond acceptors (Lipinski definition) is 4. The smallest absolute Gasteiger partial charge is 0.258 e. The fraction of sp³-hybridized carbons (Fsp3) is 0.150. The van der Waals surface area contributed by atoms with Crippen LogP contribution in [0, 0.1) is 5.82 Å². The summed E-state index contributed by atoms with van der Waals surface area (Å²) < 4.78 is 13.6. The highest BCUT2D eigenvalue weighted by atomic mass is 19.1. The van der Waals surface area contributed by atoms with E-state index in [-0.39, 0.29) is 18.3 Å². The average molecular weight is 350 g/mol. The molecule has 0 atom stereocenters. The quantitative estimate of drug-likeness (QED) is 0.704. The first-order valence-corrected chi connectivity index (χ1v) is 8.36. The van der Waals surface area contributed by atoms with Crippen molar-refractivity contribution in [3.63, 3.8) is 0 Å². The lowest BCUT2D eigenvalue weighted by atomic mass is 10.1. The van der Waals surface area contributed by atoms with E-state index < -0.39 is 0 Å². The van der Waals surface area contributed by atoms with Crippen molar-refractivity contribution in [2.75, 3.05) is 10.6 Å². The lowest BCUT2D eigenvalue weighted by Crippen LogP contribution is -2.14. The zero-order valence-electron chi connectivity index (χ0n) is 14.4. The Hall–Kier alpha value is -3.28. The number of amides is 1. The molecule has 3 rings (SSSR count). The molecule has 1 heterocycles. The van der Waals surface area contributed by atoms with E-state index in [9.17, 15) is 9.18 Å². The summed E-state index contributed by atoms with van der Waals surface area (Å²) in [6, 6.07) is 14.1. The molecular weight excluding hydrogens is 331 g/mol. The second-order valence-corrected chi connectivity index (χ2v) is 5.71. The maximum absolute atomic E-state index is 13.6. The van der Waals surface area contributed by atoms with E-state index in [1.807, 2.05) is 31.2 Å². The van der Waals surface area contributed by atoms with Crippen LogP contribution < -0.4 is 10.6 Å². The molecule has 132 valence electrons. The average Bonchev–Trinajstić information content (AvgIpc) is 2.68. The zero-order chi connectivity index (χ0) is 18.4. The van der Waals surface area contributed by atoms with Gasteiger partial charge in [-0.05, 0) is 24.1 Å². The molecule has 0 unspecified atom stereocenters. The van der Waals surface area contributed by atoms with Crippen LogP contribution in [0.1, 0.15) is 28.4 Å². The van der Waals surface area contributed by atoms with E-state index in [0.717, 1.165) is 17.7 Å². The van der Waals surface area contributed by atoms with Crippen LogP contribution in [0.5, 0.6) is 0 Å². The van der Waals surface area contributed by atoms with Crippen molar-refractivity contribution in [3.8, 4) is 0 Å². The molecule has 2 aromatic carbocycles. The summed E-state index contributed by atoms with van der Waals surface area (Å²) in [6.07, 6.45) is 3.72. The lowest BCUT2D eigenvalue weighted by molar-refractivity contribution is 0.102. The molecule has 5 nitrogen and oxygen atoms in total. The third-order valence-electron chi connectivity index (χ3n) is 3.96. The molecule has 1 aromatic heterocycles. The Morgan fingerprint density at radius 2 is 1.65 bits per heavy atom. The normalized spacial score (nSPS) is 10.4. The monoisotopic (exact) mass is 350 g/mol. The predicted octanol–water partition coefficient (Wildman–Crippen LogP) is 4.04. The van der Waals surface area contributed by atoms with Crippen LogP contribution in [0.2, 0.25) is 0 Å². The van der Waals surface area contributed by atoms with E-state index in [1.54, 1.807) is 18.2 Å². The van der Waals surface area contributed by atoms with Crippen LogP contribution in [-0.4, -0.2) is 15.9 Å². The van der Waals surface area contributed by atoms with Crippen LogP contribution in [0.3, 0.4) is 0 Å². The van der Waals surface area contributed by atoms with Crippen molar-refractivity contribution in [2.45, 2.75) is 19.9 Å². The molecule has 0 radical (unpaired) electrons. The third kappa shape index (κ3) is 4.22. The predicted molar refractivity (Wildman–Crippen MR) is 99.5 cm³/mol. The molecular formula is C20H19FN4O. The van der Waals surface area contributed by atoms with Gasteiger partial charge in [-0.1, -0.05) is 43.3 Å². The fourth-order valence-electron chi connectivity index (χ4n) is 2.50. The number of para-hydroxylation sites is 1. The number of aryl methyl sites for hydroxylation is 1. The van der Waals surface area contributed by atoms with Crippen molar-refractivity contribution in [1.82, 2.24) is 9.97 Å². The molecule has 0 bridgehead atoms. The summed E-state index contributed by atoms with van der Waals surface area (Å²) in [6.45, 7) is 2.30. The summed E-state index contributed by atoms with van der Waals surface area (Å²) >= 11 is 0. The summed E-state index contributed by atoms with van der Waals surface area (Å²) in [5.74, 6) is -0.226. The summed E-state index contributed by atoms with van der Waals surface area (Å²) in [7, 11) is 0. The van der Waals surface area contributed by atoms with Gasteiger partial charge in [0.15, 0.2) is 0 Å². The number of aromatic nitrogens is 2. The maximum atomic E-state index is 13.6. The molecule has 0 spiro atoms. The maximum Gasteiger partial charge on any atom is 0.258 e. The van der Waals surface area contributed by atoms with Crippen molar-refractivity contribution in [3.05, 3.63) is 83.4 Å². The van der Waals surface area contributed by atoms with Crippen LogP contribution in [0.15, 0.2) is 60.9 Å². The van der Waals surface area contributed by atoms with E-state index >= 15 is 0 Å². The summed E-state index contributed by atoms with van der Waals surface area (Å²) in [4.78, 5) is 20.6. The molecule has 0 aliphatic carbocycles. The molecule has 26 heavy (non-hydrogen) atoms. The molecule has 3 aromatic rings. The number of nitrogens with one attached hydrogen (secondary N) is 2. The molecule has 0 saturated carbocycles. The second-order valence-electron chi connectivity index (χ2n) is 5.71. The molecule has 0 fully saturated rings. The van der Waals surface area contributed by atoms with Gasteiger partial charge in [-0.3, -0.25) is 4.79 Å². The van der Waals surface area contributed by atoms with E-state index in [4.69, 9.17) is 0 Å². The van der Waals surface area contributed by atoms with Gasteiger partial charge in [-0.25, -0.2) is 14.4 Å². The van der Waals surface area contributed by atoms with Gasteiger partial charge in [0.25, 0.3) is 5.91 Å². The number of halogens is 1. The minimum atomic E-state index is -0.286. The Bertz CT molecular complexity index is 896. The molecule has 0 aliphatic heterocycles. The zero-order valence-corrected chi connectivity index (χ0v) is 14.4. The Balaban J connectivity index is 1.63. The number of carbonyl (C=O) groups is 1. The number of rotatable bonds is 6. The number of benzene rings is 2. The number of carbonyl (C=O) groups excluding carboxylic acids is 1.